The van der Waals surface area contributed by atoms with Crippen molar-refractivity contribution in [2.24, 2.45) is 0 Å². The van der Waals surface area contributed by atoms with Crippen LogP contribution in [0.4, 0.5) is 0 Å². The third kappa shape index (κ3) is 4.17. The average Bonchev–Trinajstić information content (AvgIpc) is 3.16. The van der Waals surface area contributed by atoms with Gasteiger partial charge < -0.3 is 4.74 Å². The summed E-state index contributed by atoms with van der Waals surface area (Å²) in [7, 11) is 0. The second-order valence-corrected chi connectivity index (χ2v) is 7.94. The van der Waals surface area contributed by atoms with Gasteiger partial charge in [0.1, 0.15) is 0 Å². The highest BCUT2D eigenvalue weighted by atomic mass is 35.5. The first-order chi connectivity index (χ1) is 14.2. The maximum atomic E-state index is 13.1. The molecule has 2 aromatic heterocycles. The largest absolute Gasteiger partial charge is 0.382 e. The number of ether oxygens (including phenoxy) is 1. The monoisotopic (exact) mass is 428 g/mol. The number of para-hydroxylation sites is 1. The molecule has 0 aliphatic rings. The van der Waals surface area contributed by atoms with Crippen LogP contribution in [0.25, 0.3) is 16.7 Å². The van der Waals surface area contributed by atoms with Crippen molar-refractivity contribution in [3.8, 4) is 0 Å². The van der Waals surface area contributed by atoms with Gasteiger partial charge in [-0.05, 0) is 43.2 Å². The molecular weight excluding hydrogens is 408 g/mol. The highest BCUT2D eigenvalue weighted by Gasteiger charge is 2.16. The Bertz CT molecular complexity index is 1200. The molecule has 6 nitrogen and oxygen atoms in total. The summed E-state index contributed by atoms with van der Waals surface area (Å²) in [4.78, 5) is 13.1. The third-order valence-electron chi connectivity index (χ3n) is 4.61. The zero-order valence-electron chi connectivity index (χ0n) is 16.0. The molecular formula is C21H21ClN4O2S. The molecule has 0 aliphatic heterocycles. The van der Waals surface area contributed by atoms with Crippen LogP contribution < -0.4 is 5.56 Å². The summed E-state index contributed by atoms with van der Waals surface area (Å²) in [5.74, 6) is 1.26. The molecule has 0 fully saturated rings. The summed E-state index contributed by atoms with van der Waals surface area (Å²) in [6, 6.07) is 15.4. The molecule has 0 bridgehead atoms. The van der Waals surface area contributed by atoms with Crippen molar-refractivity contribution >= 4 is 40.0 Å². The van der Waals surface area contributed by atoms with Gasteiger partial charge in [0.05, 0.1) is 10.9 Å². The van der Waals surface area contributed by atoms with Crippen molar-refractivity contribution in [2.75, 3.05) is 13.2 Å². The van der Waals surface area contributed by atoms with Crippen LogP contribution in [0.5, 0.6) is 0 Å². The second kappa shape index (κ2) is 8.98. The average molecular weight is 429 g/mol. The number of hydrogen-bond donors (Lipinski definition) is 0. The number of fused-ring (bicyclic) bond motifs is 3. The molecule has 0 spiro atoms. The van der Waals surface area contributed by atoms with Gasteiger partial charge in [0, 0.05) is 30.5 Å². The normalized spacial score (nSPS) is 11.5. The van der Waals surface area contributed by atoms with Crippen molar-refractivity contribution in [2.45, 2.75) is 30.8 Å². The maximum Gasteiger partial charge on any atom is 0.262 e. The van der Waals surface area contributed by atoms with Gasteiger partial charge in [-0.25, -0.2) is 0 Å². The van der Waals surface area contributed by atoms with E-state index in [4.69, 9.17) is 16.3 Å². The first kappa shape index (κ1) is 19.9. The van der Waals surface area contributed by atoms with Crippen molar-refractivity contribution in [1.82, 2.24) is 19.2 Å². The minimum atomic E-state index is -0.0524. The molecule has 0 radical (unpaired) electrons. The number of thioether (sulfide) groups is 1. The Balaban J connectivity index is 1.74. The van der Waals surface area contributed by atoms with Crippen LogP contribution in [0.15, 0.2) is 58.5 Å². The molecule has 0 aliphatic carbocycles. The smallest absolute Gasteiger partial charge is 0.262 e. The Hall–Kier alpha value is -2.35. The molecule has 29 heavy (non-hydrogen) atoms. The lowest BCUT2D eigenvalue weighted by Crippen LogP contribution is -2.24. The van der Waals surface area contributed by atoms with Crippen LogP contribution >= 0.6 is 23.4 Å². The molecule has 0 saturated heterocycles. The van der Waals surface area contributed by atoms with Crippen LogP contribution in [-0.4, -0.2) is 32.4 Å². The van der Waals surface area contributed by atoms with Crippen LogP contribution in [0.2, 0.25) is 5.02 Å². The second-order valence-electron chi connectivity index (χ2n) is 6.56. The molecule has 150 valence electrons. The summed E-state index contributed by atoms with van der Waals surface area (Å²) < 4.78 is 9.08. The molecule has 0 amide bonds. The SMILES string of the molecule is CCOCCCn1c(=O)c2ccccc2n2c(SCc3cccc(Cl)c3)nnc12. The third-order valence-corrected chi connectivity index (χ3v) is 5.84. The van der Waals surface area contributed by atoms with Crippen LogP contribution in [-0.2, 0) is 17.0 Å². The Morgan fingerprint density at radius 2 is 2.00 bits per heavy atom. The van der Waals surface area contributed by atoms with Gasteiger partial charge in [0.15, 0.2) is 5.16 Å². The number of rotatable bonds is 8. The van der Waals surface area contributed by atoms with Crippen molar-refractivity contribution in [3.63, 3.8) is 0 Å². The molecule has 2 aromatic carbocycles. The molecule has 8 heteroatoms. The molecule has 4 aromatic rings. The van der Waals surface area contributed by atoms with E-state index in [-0.39, 0.29) is 5.56 Å². The molecule has 0 saturated carbocycles. The first-order valence-corrected chi connectivity index (χ1v) is 10.9. The summed E-state index contributed by atoms with van der Waals surface area (Å²) in [6.07, 6.45) is 0.736. The van der Waals surface area contributed by atoms with E-state index in [1.54, 1.807) is 16.3 Å². The molecule has 0 unspecified atom stereocenters. The number of benzene rings is 2. The highest BCUT2D eigenvalue weighted by molar-refractivity contribution is 7.98. The van der Waals surface area contributed by atoms with Crippen LogP contribution in [0.3, 0.4) is 0 Å². The predicted molar refractivity (Wildman–Crippen MR) is 117 cm³/mol. The van der Waals surface area contributed by atoms with Gasteiger partial charge in [0.2, 0.25) is 5.78 Å². The maximum absolute atomic E-state index is 13.1. The first-order valence-electron chi connectivity index (χ1n) is 9.50. The lowest BCUT2D eigenvalue weighted by Gasteiger charge is -2.11. The standard InChI is InChI=1S/C21H21ClN4O2S/c1-2-28-12-6-11-25-19(27)17-9-3-4-10-18(17)26-20(25)23-24-21(26)29-14-15-7-5-8-16(22)13-15/h3-5,7-10,13H,2,6,11-12,14H2,1H3. The van der Waals surface area contributed by atoms with Crippen molar-refractivity contribution in [1.29, 1.82) is 0 Å². The Labute approximate surface area is 177 Å². The van der Waals surface area contributed by atoms with Gasteiger partial charge in [-0.15, -0.1) is 10.2 Å². The van der Waals surface area contributed by atoms with Crippen molar-refractivity contribution in [3.05, 3.63) is 69.5 Å². The molecule has 2 heterocycles. The van der Waals surface area contributed by atoms with E-state index in [9.17, 15) is 4.79 Å². The Morgan fingerprint density at radius 1 is 1.14 bits per heavy atom. The fourth-order valence-electron chi connectivity index (χ4n) is 3.27. The number of aromatic nitrogens is 4. The number of aryl methyl sites for hydroxylation is 1. The topological polar surface area (TPSA) is 61.4 Å². The number of hydrogen-bond acceptors (Lipinski definition) is 5. The minimum Gasteiger partial charge on any atom is -0.382 e. The van der Waals surface area contributed by atoms with Gasteiger partial charge >= 0.3 is 0 Å². The summed E-state index contributed by atoms with van der Waals surface area (Å²) in [6.45, 7) is 3.76. The van der Waals surface area contributed by atoms with Gasteiger partial charge in [-0.3, -0.25) is 13.8 Å². The van der Waals surface area contributed by atoms with E-state index < -0.39 is 0 Å². The van der Waals surface area contributed by atoms with Gasteiger partial charge in [-0.2, -0.15) is 0 Å². The lowest BCUT2D eigenvalue weighted by molar-refractivity contribution is 0.141. The molecule has 0 N–H and O–H groups in total. The molecule has 0 atom stereocenters. The van der Waals surface area contributed by atoms with Gasteiger partial charge in [-0.1, -0.05) is 47.6 Å². The van der Waals surface area contributed by atoms with E-state index in [0.717, 1.165) is 22.7 Å². The fourth-order valence-corrected chi connectivity index (χ4v) is 4.37. The summed E-state index contributed by atoms with van der Waals surface area (Å²) in [5.41, 5.74) is 1.86. The van der Waals surface area contributed by atoms with E-state index in [2.05, 4.69) is 10.2 Å². The van der Waals surface area contributed by atoms with Crippen LogP contribution in [0, 0.1) is 0 Å². The predicted octanol–water partition coefficient (Wildman–Crippen LogP) is 4.42. The minimum absolute atomic E-state index is 0.0524. The van der Waals surface area contributed by atoms with Crippen molar-refractivity contribution < 1.29 is 4.74 Å². The number of nitrogens with zero attached hydrogens (tertiary/aromatic N) is 4. The van der Waals surface area contributed by atoms with E-state index in [1.807, 2.05) is 59.9 Å². The Morgan fingerprint density at radius 3 is 2.83 bits per heavy atom. The summed E-state index contributed by atoms with van der Waals surface area (Å²) in [5, 5.41) is 10.8. The zero-order chi connectivity index (χ0) is 20.2. The van der Waals surface area contributed by atoms with Gasteiger partial charge in [0.25, 0.3) is 5.56 Å². The van der Waals surface area contributed by atoms with Crippen LogP contribution in [0.1, 0.15) is 18.9 Å². The molecule has 4 rings (SSSR count). The Kier molecular flexibility index (Phi) is 6.18. The van der Waals surface area contributed by atoms with E-state index in [0.29, 0.717) is 41.7 Å². The van der Waals surface area contributed by atoms with E-state index >= 15 is 0 Å². The summed E-state index contributed by atoms with van der Waals surface area (Å²) >= 11 is 7.67. The fraction of sp³-hybridized carbons (Fsp3) is 0.286. The zero-order valence-corrected chi connectivity index (χ0v) is 17.6. The van der Waals surface area contributed by atoms with E-state index in [1.165, 1.54) is 0 Å². The number of halogens is 1. The quantitative estimate of drug-likeness (QED) is 0.307. The lowest BCUT2D eigenvalue weighted by atomic mass is 10.2. The highest BCUT2D eigenvalue weighted by Crippen LogP contribution is 2.25.